The van der Waals surface area contributed by atoms with E-state index in [-0.39, 0.29) is 11.1 Å². The van der Waals surface area contributed by atoms with E-state index < -0.39 is 29.5 Å². The Bertz CT molecular complexity index is 648. The van der Waals surface area contributed by atoms with Crippen molar-refractivity contribution in [2.24, 2.45) is 0 Å². The molecule has 0 amide bonds. The molecular formula is C16H12F2O3. The van der Waals surface area contributed by atoms with Gasteiger partial charge in [0.25, 0.3) is 0 Å². The Morgan fingerprint density at radius 3 is 1.76 bits per heavy atom. The number of Topliss-reactive ketones (excluding diaryl/α,β-unsaturated/α-hetero) is 1. The van der Waals surface area contributed by atoms with Crippen molar-refractivity contribution < 1.29 is 23.1 Å². The summed E-state index contributed by atoms with van der Waals surface area (Å²) in [7, 11) is 0. The molecule has 0 aliphatic rings. The van der Waals surface area contributed by atoms with Gasteiger partial charge in [-0.05, 0) is 55.5 Å². The van der Waals surface area contributed by atoms with Gasteiger partial charge < -0.3 is 4.74 Å². The standard InChI is InChI=1S/C16H12F2O3/c1-10(15(19)11-2-6-13(17)7-3-11)21-16(20)12-4-8-14(18)9-5-12/h2-10H,1H3. The second-order valence-corrected chi connectivity index (χ2v) is 4.43. The van der Waals surface area contributed by atoms with Crippen LogP contribution in [0.4, 0.5) is 8.78 Å². The van der Waals surface area contributed by atoms with Crippen molar-refractivity contribution in [3.63, 3.8) is 0 Å². The molecule has 0 bridgehead atoms. The van der Waals surface area contributed by atoms with Gasteiger partial charge in [-0.1, -0.05) is 0 Å². The van der Waals surface area contributed by atoms with Crippen LogP contribution in [0.1, 0.15) is 27.6 Å². The Morgan fingerprint density at radius 2 is 1.29 bits per heavy atom. The maximum absolute atomic E-state index is 12.8. The summed E-state index contributed by atoms with van der Waals surface area (Å²) in [6, 6.07) is 9.74. The fourth-order valence-corrected chi connectivity index (χ4v) is 1.72. The zero-order valence-corrected chi connectivity index (χ0v) is 11.2. The summed E-state index contributed by atoms with van der Waals surface area (Å²) in [5.74, 6) is -2.09. The third-order valence-electron chi connectivity index (χ3n) is 2.86. The van der Waals surface area contributed by atoms with Gasteiger partial charge in [0.05, 0.1) is 5.56 Å². The molecule has 5 heteroatoms. The first-order valence-corrected chi connectivity index (χ1v) is 6.23. The first kappa shape index (κ1) is 14.8. The lowest BCUT2D eigenvalue weighted by atomic mass is 10.1. The molecule has 0 aliphatic carbocycles. The lowest BCUT2D eigenvalue weighted by Gasteiger charge is -2.12. The number of ether oxygens (including phenoxy) is 1. The molecule has 0 aromatic heterocycles. The van der Waals surface area contributed by atoms with Crippen LogP contribution in [-0.4, -0.2) is 17.9 Å². The quantitative estimate of drug-likeness (QED) is 0.640. The van der Waals surface area contributed by atoms with E-state index in [4.69, 9.17) is 4.74 Å². The average molecular weight is 290 g/mol. The Labute approximate surface area is 120 Å². The molecule has 1 unspecified atom stereocenters. The van der Waals surface area contributed by atoms with Gasteiger partial charge in [-0.2, -0.15) is 0 Å². The summed E-state index contributed by atoms with van der Waals surface area (Å²) >= 11 is 0. The number of halogens is 2. The number of carbonyl (C=O) groups is 2. The summed E-state index contributed by atoms with van der Waals surface area (Å²) in [5.41, 5.74) is 0.394. The van der Waals surface area contributed by atoms with E-state index in [1.54, 1.807) is 0 Å². The van der Waals surface area contributed by atoms with E-state index in [0.717, 1.165) is 24.3 Å². The normalized spacial score (nSPS) is 11.8. The molecule has 0 radical (unpaired) electrons. The summed E-state index contributed by atoms with van der Waals surface area (Å²) in [4.78, 5) is 23.8. The summed E-state index contributed by atoms with van der Waals surface area (Å²) in [5, 5.41) is 0. The predicted octanol–water partition coefficient (Wildman–Crippen LogP) is 3.39. The average Bonchev–Trinajstić information content (AvgIpc) is 2.47. The monoisotopic (exact) mass is 290 g/mol. The highest BCUT2D eigenvalue weighted by Crippen LogP contribution is 2.11. The fraction of sp³-hybridized carbons (Fsp3) is 0.125. The van der Waals surface area contributed by atoms with E-state index in [2.05, 4.69) is 0 Å². The molecule has 2 rings (SSSR count). The van der Waals surface area contributed by atoms with E-state index in [1.807, 2.05) is 0 Å². The lowest BCUT2D eigenvalue weighted by Crippen LogP contribution is -2.24. The lowest BCUT2D eigenvalue weighted by molar-refractivity contribution is 0.0318. The molecule has 0 aliphatic heterocycles. The van der Waals surface area contributed by atoms with Crippen LogP contribution in [0.2, 0.25) is 0 Å². The third kappa shape index (κ3) is 3.72. The second-order valence-electron chi connectivity index (χ2n) is 4.43. The molecule has 3 nitrogen and oxygen atoms in total. The maximum Gasteiger partial charge on any atom is 0.338 e. The summed E-state index contributed by atoms with van der Waals surface area (Å²) < 4.78 is 30.6. The highest BCUT2D eigenvalue weighted by Gasteiger charge is 2.20. The van der Waals surface area contributed by atoms with Crippen LogP contribution < -0.4 is 0 Å². The number of esters is 1. The molecule has 21 heavy (non-hydrogen) atoms. The van der Waals surface area contributed by atoms with E-state index >= 15 is 0 Å². The van der Waals surface area contributed by atoms with Crippen LogP contribution in [0.5, 0.6) is 0 Å². The molecule has 2 aromatic carbocycles. The number of rotatable bonds is 4. The van der Waals surface area contributed by atoms with Gasteiger partial charge in [0.2, 0.25) is 5.78 Å². The molecule has 1 atom stereocenters. The topological polar surface area (TPSA) is 43.4 Å². The Balaban J connectivity index is 2.05. The van der Waals surface area contributed by atoms with Crippen LogP contribution in [0, 0.1) is 11.6 Å². The molecule has 0 saturated carbocycles. The molecule has 2 aromatic rings. The third-order valence-corrected chi connectivity index (χ3v) is 2.86. The zero-order valence-electron chi connectivity index (χ0n) is 11.2. The largest absolute Gasteiger partial charge is 0.451 e. The van der Waals surface area contributed by atoms with Gasteiger partial charge in [0.1, 0.15) is 11.6 Å². The highest BCUT2D eigenvalue weighted by atomic mass is 19.1. The number of hydrogen-bond donors (Lipinski definition) is 0. The smallest absolute Gasteiger partial charge is 0.338 e. The first-order valence-electron chi connectivity index (χ1n) is 6.23. The first-order chi connectivity index (χ1) is 9.97. The molecule has 0 fully saturated rings. The minimum Gasteiger partial charge on any atom is -0.451 e. The van der Waals surface area contributed by atoms with Crippen molar-refractivity contribution in [3.8, 4) is 0 Å². The molecule has 0 spiro atoms. The number of carbonyl (C=O) groups excluding carboxylic acids is 2. The molecule has 0 N–H and O–H groups in total. The van der Waals surface area contributed by atoms with Crippen molar-refractivity contribution in [1.29, 1.82) is 0 Å². The van der Waals surface area contributed by atoms with E-state index in [9.17, 15) is 18.4 Å². The van der Waals surface area contributed by atoms with Crippen LogP contribution in [0.3, 0.4) is 0 Å². The zero-order chi connectivity index (χ0) is 15.4. The van der Waals surface area contributed by atoms with Crippen LogP contribution in [0.25, 0.3) is 0 Å². The van der Waals surface area contributed by atoms with Gasteiger partial charge in [-0.25, -0.2) is 13.6 Å². The SMILES string of the molecule is CC(OC(=O)c1ccc(F)cc1)C(=O)c1ccc(F)cc1. The van der Waals surface area contributed by atoms with Crippen LogP contribution in [-0.2, 0) is 4.74 Å². The van der Waals surface area contributed by atoms with Gasteiger partial charge in [-0.3, -0.25) is 4.79 Å². The molecule has 108 valence electrons. The maximum atomic E-state index is 12.8. The Hall–Kier alpha value is -2.56. The molecule has 0 heterocycles. The van der Waals surface area contributed by atoms with Gasteiger partial charge >= 0.3 is 5.97 Å². The Morgan fingerprint density at radius 1 is 0.857 bits per heavy atom. The second kappa shape index (κ2) is 6.26. The number of benzene rings is 2. The van der Waals surface area contributed by atoms with Crippen molar-refractivity contribution in [3.05, 3.63) is 71.3 Å². The minimum atomic E-state index is -1.02. The van der Waals surface area contributed by atoms with E-state index in [0.29, 0.717) is 0 Å². The predicted molar refractivity (Wildman–Crippen MR) is 72.0 cm³/mol. The summed E-state index contributed by atoms with van der Waals surface area (Å²) in [6.07, 6.45) is -1.02. The van der Waals surface area contributed by atoms with Crippen molar-refractivity contribution in [2.75, 3.05) is 0 Å². The molecular weight excluding hydrogens is 278 g/mol. The summed E-state index contributed by atoms with van der Waals surface area (Å²) in [6.45, 7) is 1.42. The van der Waals surface area contributed by atoms with Crippen LogP contribution in [0.15, 0.2) is 48.5 Å². The van der Waals surface area contributed by atoms with Crippen molar-refractivity contribution in [2.45, 2.75) is 13.0 Å². The van der Waals surface area contributed by atoms with Gasteiger partial charge in [0.15, 0.2) is 6.10 Å². The van der Waals surface area contributed by atoms with E-state index in [1.165, 1.54) is 31.2 Å². The van der Waals surface area contributed by atoms with Gasteiger partial charge in [-0.15, -0.1) is 0 Å². The van der Waals surface area contributed by atoms with Crippen LogP contribution >= 0.6 is 0 Å². The van der Waals surface area contributed by atoms with Gasteiger partial charge in [0, 0.05) is 5.56 Å². The number of hydrogen-bond acceptors (Lipinski definition) is 3. The minimum absolute atomic E-state index is 0.148. The van der Waals surface area contributed by atoms with Crippen molar-refractivity contribution in [1.82, 2.24) is 0 Å². The highest BCUT2D eigenvalue weighted by molar-refractivity contribution is 6.01. The number of ketones is 1. The fourth-order valence-electron chi connectivity index (χ4n) is 1.72. The van der Waals surface area contributed by atoms with Crippen molar-refractivity contribution >= 4 is 11.8 Å². The molecule has 0 saturated heterocycles. The Kier molecular flexibility index (Phi) is 4.42.